The quantitative estimate of drug-likeness (QED) is 0.455. The van der Waals surface area contributed by atoms with E-state index in [-0.39, 0.29) is 24.4 Å². The zero-order valence-corrected chi connectivity index (χ0v) is 17.2. The predicted molar refractivity (Wildman–Crippen MR) is 98.8 cm³/mol. The minimum absolute atomic E-state index is 0.00433. The van der Waals surface area contributed by atoms with Crippen LogP contribution >= 0.6 is 0 Å². The molecule has 0 amide bonds. The molecule has 2 rings (SSSR count). The smallest absolute Gasteiger partial charge is 0.420 e. The second kappa shape index (κ2) is 8.61. The third-order valence-electron chi connectivity index (χ3n) is 4.30. The molecule has 1 heterocycles. The minimum Gasteiger partial charge on any atom is -0.461 e. The van der Waals surface area contributed by atoms with Crippen molar-refractivity contribution in [2.45, 2.75) is 59.4 Å². The highest BCUT2D eigenvalue weighted by Crippen LogP contribution is 2.40. The molecule has 30 heavy (non-hydrogen) atoms. The summed E-state index contributed by atoms with van der Waals surface area (Å²) >= 11 is 0. The zero-order chi connectivity index (χ0) is 22.9. The highest BCUT2D eigenvalue weighted by Gasteiger charge is 2.38. The second-order valence-corrected chi connectivity index (χ2v) is 7.59. The molecule has 0 spiro atoms. The molecule has 0 fully saturated rings. The summed E-state index contributed by atoms with van der Waals surface area (Å²) in [6, 6.07) is 3.22. The molecule has 5 nitrogen and oxygen atoms in total. The number of alkyl halides is 5. The molecule has 0 radical (unpaired) electrons. The van der Waals surface area contributed by atoms with Crippen molar-refractivity contribution in [3.8, 4) is 5.75 Å². The van der Waals surface area contributed by atoms with Gasteiger partial charge in [0.1, 0.15) is 17.1 Å². The molecule has 0 unspecified atom stereocenters. The third-order valence-corrected chi connectivity index (χ3v) is 4.30. The Morgan fingerprint density at radius 2 is 1.83 bits per heavy atom. The van der Waals surface area contributed by atoms with Crippen molar-refractivity contribution in [1.29, 1.82) is 0 Å². The molecular formula is C20H23F5N2O3. The van der Waals surface area contributed by atoms with E-state index in [2.05, 4.69) is 9.72 Å². The molecule has 1 aromatic heterocycles. The monoisotopic (exact) mass is 434 g/mol. The molecule has 0 aliphatic carbocycles. The van der Waals surface area contributed by atoms with E-state index in [1.807, 2.05) is 0 Å². The summed E-state index contributed by atoms with van der Waals surface area (Å²) in [5, 5.41) is 0. The first kappa shape index (κ1) is 23.6. The number of imidazole rings is 1. The van der Waals surface area contributed by atoms with E-state index in [1.165, 1.54) is 16.7 Å². The molecule has 0 N–H and O–H groups in total. The van der Waals surface area contributed by atoms with Gasteiger partial charge in [0.2, 0.25) is 0 Å². The summed E-state index contributed by atoms with van der Waals surface area (Å²) < 4.78 is 76.9. The summed E-state index contributed by atoms with van der Waals surface area (Å²) in [4.78, 5) is 16.5. The molecule has 0 aliphatic heterocycles. The minimum atomic E-state index is -4.93. The Morgan fingerprint density at radius 3 is 2.33 bits per heavy atom. The molecule has 0 saturated heterocycles. The van der Waals surface area contributed by atoms with E-state index in [0.29, 0.717) is 11.5 Å². The fraction of sp³-hybridized carbons (Fsp3) is 0.500. The average molecular weight is 434 g/mol. The molecular weight excluding hydrogens is 411 g/mol. The normalized spacial score (nSPS) is 12.4. The van der Waals surface area contributed by atoms with Gasteiger partial charge in [0.25, 0.3) is 0 Å². The molecule has 0 aliphatic rings. The number of rotatable bonds is 6. The third kappa shape index (κ3) is 5.09. The number of carbonyl (C=O) groups is 1. The van der Waals surface area contributed by atoms with Gasteiger partial charge < -0.3 is 14.0 Å². The van der Waals surface area contributed by atoms with E-state index in [4.69, 9.17) is 4.74 Å². The van der Waals surface area contributed by atoms with Crippen LogP contribution in [0.5, 0.6) is 5.75 Å². The van der Waals surface area contributed by atoms with Gasteiger partial charge in [-0.25, -0.2) is 9.78 Å². The molecule has 10 heteroatoms. The fourth-order valence-electron chi connectivity index (χ4n) is 3.09. The van der Waals surface area contributed by atoms with Gasteiger partial charge in [-0.05, 0) is 25.5 Å². The van der Waals surface area contributed by atoms with Gasteiger partial charge in [-0.15, -0.1) is 0 Å². The van der Waals surface area contributed by atoms with Gasteiger partial charge in [0, 0.05) is 17.7 Å². The Labute approximate surface area is 170 Å². The van der Waals surface area contributed by atoms with Gasteiger partial charge in [-0.2, -0.15) is 22.0 Å². The number of benzene rings is 1. The van der Waals surface area contributed by atoms with Crippen molar-refractivity contribution in [2.24, 2.45) is 0 Å². The molecule has 0 atom stereocenters. The Bertz CT molecular complexity index is 914. The van der Waals surface area contributed by atoms with E-state index in [9.17, 15) is 26.7 Å². The maximum Gasteiger partial charge on any atom is 0.420 e. The van der Waals surface area contributed by atoms with Gasteiger partial charge in [-0.1, -0.05) is 32.9 Å². The Kier molecular flexibility index (Phi) is 6.78. The van der Waals surface area contributed by atoms with Gasteiger partial charge in [0.05, 0.1) is 6.61 Å². The summed E-state index contributed by atoms with van der Waals surface area (Å²) in [5.74, 6) is -1.29. The number of halogens is 5. The van der Waals surface area contributed by atoms with Crippen LogP contribution in [-0.4, -0.2) is 28.7 Å². The first-order valence-corrected chi connectivity index (χ1v) is 9.16. The predicted octanol–water partition coefficient (Wildman–Crippen LogP) is 5.33. The van der Waals surface area contributed by atoms with E-state index < -0.39 is 35.5 Å². The van der Waals surface area contributed by atoms with Crippen LogP contribution < -0.4 is 4.74 Å². The van der Waals surface area contributed by atoms with Crippen LogP contribution in [0, 0.1) is 6.92 Å². The average Bonchev–Trinajstić information content (AvgIpc) is 2.90. The number of esters is 1. The number of aromatic nitrogens is 2. The number of carbonyl (C=O) groups excluding carboxylic acids is 1. The molecule has 0 saturated carbocycles. The first-order valence-electron chi connectivity index (χ1n) is 9.16. The van der Waals surface area contributed by atoms with Crippen LogP contribution in [0.1, 0.15) is 60.8 Å². The summed E-state index contributed by atoms with van der Waals surface area (Å²) in [6.07, 6.45) is -4.93. The number of hydrogen-bond donors (Lipinski definition) is 0. The van der Waals surface area contributed by atoms with Crippen LogP contribution in [0.25, 0.3) is 0 Å². The van der Waals surface area contributed by atoms with Crippen LogP contribution in [-0.2, 0) is 22.9 Å². The van der Waals surface area contributed by atoms with Crippen LogP contribution in [0.15, 0.2) is 18.2 Å². The van der Waals surface area contributed by atoms with Gasteiger partial charge in [0.15, 0.2) is 5.69 Å². The van der Waals surface area contributed by atoms with Crippen LogP contribution in [0.3, 0.4) is 0 Å². The molecule has 1 aromatic carbocycles. The second-order valence-electron chi connectivity index (χ2n) is 7.59. The number of ether oxygens (including phenoxy) is 2. The van der Waals surface area contributed by atoms with Crippen molar-refractivity contribution >= 4 is 5.97 Å². The summed E-state index contributed by atoms with van der Waals surface area (Å²) in [6.45, 7) is 4.91. The van der Waals surface area contributed by atoms with Crippen molar-refractivity contribution in [3.05, 3.63) is 46.5 Å². The maximum absolute atomic E-state index is 13.7. The lowest BCUT2D eigenvalue weighted by atomic mass is 9.95. The molecule has 0 bridgehead atoms. The Morgan fingerprint density at radius 1 is 1.20 bits per heavy atom. The zero-order valence-electron chi connectivity index (χ0n) is 17.2. The largest absolute Gasteiger partial charge is 0.461 e. The number of hydrogen-bond acceptors (Lipinski definition) is 4. The first-order chi connectivity index (χ1) is 13.8. The summed E-state index contributed by atoms with van der Waals surface area (Å²) in [7, 11) is 0. The van der Waals surface area contributed by atoms with E-state index in [1.54, 1.807) is 34.6 Å². The highest BCUT2D eigenvalue weighted by molar-refractivity contribution is 5.88. The van der Waals surface area contributed by atoms with E-state index >= 15 is 0 Å². The molecule has 166 valence electrons. The fourth-order valence-corrected chi connectivity index (χ4v) is 3.09. The van der Waals surface area contributed by atoms with Crippen molar-refractivity contribution < 1.29 is 36.2 Å². The van der Waals surface area contributed by atoms with Gasteiger partial charge in [-0.3, -0.25) is 0 Å². The highest BCUT2D eigenvalue weighted by atomic mass is 19.4. The van der Waals surface area contributed by atoms with Gasteiger partial charge >= 0.3 is 18.8 Å². The van der Waals surface area contributed by atoms with Crippen LogP contribution in [0.4, 0.5) is 22.0 Å². The summed E-state index contributed by atoms with van der Waals surface area (Å²) in [5.41, 5.74) is -1.90. The standard InChI is InChI=1S/C20H23F5N2O3/c1-6-29-16(28)15-11(2)27(17(26-15)19(3,4)5)10-12-8-7-9-13(30-18(21)22)14(12)20(23,24)25/h7-9,18H,6,10H2,1-5H3. The number of nitrogens with zero attached hydrogens (tertiary/aromatic N) is 2. The van der Waals surface area contributed by atoms with Crippen molar-refractivity contribution in [1.82, 2.24) is 9.55 Å². The van der Waals surface area contributed by atoms with Crippen molar-refractivity contribution in [3.63, 3.8) is 0 Å². The van der Waals surface area contributed by atoms with E-state index in [0.717, 1.165) is 6.07 Å². The lowest BCUT2D eigenvalue weighted by molar-refractivity contribution is -0.142. The maximum atomic E-state index is 13.7. The lowest BCUT2D eigenvalue weighted by Gasteiger charge is -2.23. The SMILES string of the molecule is CCOC(=O)c1nc(C(C)(C)C)n(Cc2cccc(OC(F)F)c2C(F)(F)F)c1C. The Hall–Kier alpha value is -2.65. The topological polar surface area (TPSA) is 53.3 Å². The molecule has 2 aromatic rings. The van der Waals surface area contributed by atoms with Crippen LogP contribution in [0.2, 0.25) is 0 Å². The van der Waals surface area contributed by atoms with Crippen molar-refractivity contribution in [2.75, 3.05) is 6.61 Å². The Balaban J connectivity index is 2.66. The lowest BCUT2D eigenvalue weighted by Crippen LogP contribution is -2.22.